The van der Waals surface area contributed by atoms with Gasteiger partial charge in [-0.25, -0.2) is 9.13 Å². The average molecular weight is 1540 g/mol. The van der Waals surface area contributed by atoms with Crippen molar-refractivity contribution < 1.29 is 80.2 Å². The molecular weight excluding hydrogens is 1370 g/mol. The molecule has 105 heavy (non-hydrogen) atoms. The van der Waals surface area contributed by atoms with Gasteiger partial charge in [0.1, 0.15) is 19.3 Å². The summed E-state index contributed by atoms with van der Waals surface area (Å²) in [6, 6.07) is 0. The van der Waals surface area contributed by atoms with Gasteiger partial charge in [0.25, 0.3) is 0 Å². The van der Waals surface area contributed by atoms with Crippen LogP contribution >= 0.6 is 15.6 Å². The highest BCUT2D eigenvalue weighted by Crippen LogP contribution is 2.45. The van der Waals surface area contributed by atoms with Gasteiger partial charge in [0, 0.05) is 25.7 Å². The Labute approximate surface area is 645 Å². The molecule has 0 saturated heterocycles. The van der Waals surface area contributed by atoms with Crippen LogP contribution in [-0.2, 0) is 65.4 Å². The first-order valence-electron chi connectivity index (χ1n) is 44.3. The number of rotatable bonds is 84. The van der Waals surface area contributed by atoms with Crippen molar-refractivity contribution in [2.24, 2.45) is 17.8 Å². The highest BCUT2D eigenvalue weighted by molar-refractivity contribution is 7.47. The lowest BCUT2D eigenvalue weighted by molar-refractivity contribution is -0.161. The molecule has 0 rings (SSSR count). The Hall–Kier alpha value is -1.94. The van der Waals surface area contributed by atoms with Gasteiger partial charge in [-0.3, -0.25) is 37.3 Å². The third-order valence-electron chi connectivity index (χ3n) is 20.1. The van der Waals surface area contributed by atoms with E-state index in [1.165, 1.54) is 257 Å². The van der Waals surface area contributed by atoms with Crippen molar-refractivity contribution >= 4 is 39.5 Å². The van der Waals surface area contributed by atoms with Crippen LogP contribution < -0.4 is 0 Å². The highest BCUT2D eigenvalue weighted by Gasteiger charge is 2.30. The number of unbranched alkanes of at least 4 members (excludes halogenated alkanes) is 52. The third kappa shape index (κ3) is 79.9. The summed E-state index contributed by atoms with van der Waals surface area (Å²) in [6.07, 6.45) is 66.7. The lowest BCUT2D eigenvalue weighted by atomic mass is 10.0. The second-order valence-electron chi connectivity index (χ2n) is 32.4. The van der Waals surface area contributed by atoms with Gasteiger partial charge >= 0.3 is 39.5 Å². The van der Waals surface area contributed by atoms with E-state index in [4.69, 9.17) is 37.0 Å². The minimum atomic E-state index is -4.97. The maximum atomic E-state index is 13.1. The van der Waals surface area contributed by atoms with Crippen LogP contribution in [0.3, 0.4) is 0 Å². The molecule has 0 saturated carbocycles. The molecule has 17 nitrogen and oxygen atoms in total. The fourth-order valence-electron chi connectivity index (χ4n) is 13.4. The topological polar surface area (TPSA) is 237 Å². The van der Waals surface area contributed by atoms with Gasteiger partial charge in [-0.05, 0) is 43.4 Å². The van der Waals surface area contributed by atoms with E-state index in [9.17, 15) is 43.2 Å². The molecule has 624 valence electrons. The van der Waals surface area contributed by atoms with Crippen LogP contribution in [0.2, 0.25) is 0 Å². The molecule has 2 unspecified atom stereocenters. The van der Waals surface area contributed by atoms with Crippen LogP contribution in [0.5, 0.6) is 0 Å². The lowest BCUT2D eigenvalue weighted by Crippen LogP contribution is -2.30. The van der Waals surface area contributed by atoms with Crippen LogP contribution in [-0.4, -0.2) is 96.7 Å². The van der Waals surface area contributed by atoms with Crippen LogP contribution in [0.15, 0.2) is 0 Å². The Morgan fingerprint density at radius 1 is 0.257 bits per heavy atom. The van der Waals surface area contributed by atoms with Gasteiger partial charge in [0.2, 0.25) is 0 Å². The third-order valence-corrected chi connectivity index (χ3v) is 22.0. The highest BCUT2D eigenvalue weighted by atomic mass is 31.2. The van der Waals surface area contributed by atoms with Crippen molar-refractivity contribution in [3.63, 3.8) is 0 Å². The molecule has 0 aliphatic rings. The van der Waals surface area contributed by atoms with E-state index in [1.807, 2.05) is 0 Å². The van der Waals surface area contributed by atoms with E-state index in [0.29, 0.717) is 31.6 Å². The summed E-state index contributed by atoms with van der Waals surface area (Å²) in [5.74, 6) is 0.216. The maximum absolute atomic E-state index is 13.1. The maximum Gasteiger partial charge on any atom is 0.472 e. The molecule has 0 aromatic heterocycles. The van der Waals surface area contributed by atoms with Crippen LogP contribution in [0, 0.1) is 17.8 Å². The second-order valence-corrected chi connectivity index (χ2v) is 35.3. The zero-order valence-electron chi connectivity index (χ0n) is 69.2. The Morgan fingerprint density at radius 3 is 0.648 bits per heavy atom. The van der Waals surface area contributed by atoms with E-state index in [2.05, 4.69) is 48.5 Å². The van der Waals surface area contributed by atoms with Crippen molar-refractivity contribution in [2.75, 3.05) is 39.6 Å². The standard InChI is InChI=1S/C86H168O17P2/c1-8-9-10-11-12-13-14-15-16-17-18-24-30-35-40-47-55-62-70-86(91)103-82(74-97-84(89)68-61-54-49-42-45-52-59-66-79(6)7)76-101-105(94,95)99-72-80(87)71-98-104(92,93)100-75-81(73-96-83(88)67-60-53-46-39-34-29-26-21-23-28-33-38-44-51-58-65-78(4)5)102-85(90)69-63-56-48-41-36-31-25-20-19-22-27-32-37-43-50-57-64-77(2)3/h77-82,87H,8-76H2,1-7H3,(H,92,93)(H,94,95)/t80-,81-,82-/m1/s1. The molecule has 0 heterocycles. The molecular formula is C86H168O17P2. The summed E-state index contributed by atoms with van der Waals surface area (Å²) in [6.45, 7) is 12.0. The van der Waals surface area contributed by atoms with Gasteiger partial charge in [-0.15, -0.1) is 0 Å². The molecule has 0 aromatic rings. The molecule has 0 aliphatic carbocycles. The number of aliphatic hydroxyl groups is 1. The van der Waals surface area contributed by atoms with Gasteiger partial charge in [0.05, 0.1) is 26.4 Å². The van der Waals surface area contributed by atoms with Crippen molar-refractivity contribution in [3.8, 4) is 0 Å². The molecule has 0 aromatic carbocycles. The quantitative estimate of drug-likeness (QED) is 0.0222. The van der Waals surface area contributed by atoms with Gasteiger partial charge in [0.15, 0.2) is 12.2 Å². The van der Waals surface area contributed by atoms with Gasteiger partial charge < -0.3 is 33.8 Å². The summed E-state index contributed by atoms with van der Waals surface area (Å²) in [5.41, 5.74) is 0. The van der Waals surface area contributed by atoms with Crippen LogP contribution in [0.1, 0.15) is 453 Å². The van der Waals surface area contributed by atoms with E-state index in [0.717, 1.165) is 108 Å². The summed E-state index contributed by atoms with van der Waals surface area (Å²) in [5, 5.41) is 10.7. The molecule has 0 amide bonds. The largest absolute Gasteiger partial charge is 0.472 e. The summed E-state index contributed by atoms with van der Waals surface area (Å²) in [4.78, 5) is 73.2. The minimum Gasteiger partial charge on any atom is -0.462 e. The van der Waals surface area contributed by atoms with Crippen molar-refractivity contribution in [2.45, 2.75) is 471 Å². The number of esters is 4. The molecule has 3 N–H and O–H groups in total. The molecule has 19 heteroatoms. The molecule has 0 spiro atoms. The number of aliphatic hydroxyl groups excluding tert-OH is 1. The molecule has 5 atom stereocenters. The fourth-order valence-corrected chi connectivity index (χ4v) is 14.9. The number of carbonyl (C=O) groups excluding carboxylic acids is 4. The zero-order valence-corrected chi connectivity index (χ0v) is 71.0. The first kappa shape index (κ1) is 103. The number of phosphoric ester groups is 2. The number of hydrogen-bond acceptors (Lipinski definition) is 15. The van der Waals surface area contributed by atoms with Crippen molar-refractivity contribution in [1.29, 1.82) is 0 Å². The second kappa shape index (κ2) is 76.1. The molecule has 0 aliphatic heterocycles. The molecule has 0 radical (unpaired) electrons. The summed E-state index contributed by atoms with van der Waals surface area (Å²) < 4.78 is 68.9. The Morgan fingerprint density at radius 2 is 0.438 bits per heavy atom. The number of hydrogen-bond donors (Lipinski definition) is 3. The summed E-state index contributed by atoms with van der Waals surface area (Å²) in [7, 11) is -9.93. The van der Waals surface area contributed by atoms with E-state index in [-0.39, 0.29) is 25.7 Å². The fraction of sp³-hybridized carbons (Fsp3) is 0.953. The van der Waals surface area contributed by atoms with Gasteiger partial charge in [-0.2, -0.15) is 0 Å². The smallest absolute Gasteiger partial charge is 0.462 e. The van der Waals surface area contributed by atoms with Crippen LogP contribution in [0.25, 0.3) is 0 Å². The zero-order chi connectivity index (χ0) is 77.2. The Balaban J connectivity index is 5.23. The number of carbonyl (C=O) groups is 4. The molecule has 0 fully saturated rings. The normalized spacial score (nSPS) is 13.9. The number of ether oxygens (including phenoxy) is 4. The van der Waals surface area contributed by atoms with Crippen molar-refractivity contribution in [1.82, 2.24) is 0 Å². The van der Waals surface area contributed by atoms with Crippen molar-refractivity contribution in [3.05, 3.63) is 0 Å². The lowest BCUT2D eigenvalue weighted by Gasteiger charge is -2.21. The average Bonchev–Trinajstić information content (AvgIpc) is 0.908. The van der Waals surface area contributed by atoms with E-state index in [1.54, 1.807) is 0 Å². The van der Waals surface area contributed by atoms with Gasteiger partial charge in [-0.1, -0.05) is 402 Å². The molecule has 0 bridgehead atoms. The predicted octanol–water partition coefficient (Wildman–Crippen LogP) is 26.1. The first-order valence-corrected chi connectivity index (χ1v) is 47.3. The van der Waals surface area contributed by atoms with Crippen LogP contribution in [0.4, 0.5) is 0 Å². The SMILES string of the molecule is CCCCCCCCCCCCCCCCCCCCC(=O)O[C@H](COC(=O)CCCCCCCCCC(C)C)COP(=O)(O)OC[C@H](O)COP(=O)(O)OC[C@@H](COC(=O)CCCCCCCCCCCCCCCCCC(C)C)OC(=O)CCCCCCCCCCCCCCCCCCC(C)C. The monoisotopic (exact) mass is 1540 g/mol. The Kier molecular flexibility index (Phi) is 74.7. The Bertz CT molecular complexity index is 2030. The predicted molar refractivity (Wildman–Crippen MR) is 432 cm³/mol. The minimum absolute atomic E-state index is 0.108. The number of phosphoric acid groups is 2. The van der Waals surface area contributed by atoms with E-state index >= 15 is 0 Å². The first-order chi connectivity index (χ1) is 50.7. The van der Waals surface area contributed by atoms with E-state index < -0.39 is 97.5 Å². The summed E-state index contributed by atoms with van der Waals surface area (Å²) >= 11 is 0.